The molecule has 20 heavy (non-hydrogen) atoms. The second-order valence-corrected chi connectivity index (χ2v) is 5.83. The molecular formula is C17H26N2O. The molecule has 3 nitrogen and oxygen atoms in total. The van der Waals surface area contributed by atoms with Gasteiger partial charge in [-0.15, -0.1) is 0 Å². The maximum Gasteiger partial charge on any atom is 0.229 e. The van der Waals surface area contributed by atoms with Gasteiger partial charge in [0.15, 0.2) is 0 Å². The highest BCUT2D eigenvalue weighted by atomic mass is 16.1. The largest absolute Gasteiger partial charge is 0.353 e. The zero-order valence-electron chi connectivity index (χ0n) is 12.3. The van der Waals surface area contributed by atoms with Crippen molar-refractivity contribution in [2.24, 2.45) is 11.7 Å². The number of carbonyl (C=O) groups is 1. The minimum Gasteiger partial charge on any atom is -0.353 e. The van der Waals surface area contributed by atoms with Gasteiger partial charge in [0.25, 0.3) is 0 Å². The smallest absolute Gasteiger partial charge is 0.229 e. The Labute approximate surface area is 121 Å². The average Bonchev–Trinajstić information content (AvgIpc) is 2.50. The van der Waals surface area contributed by atoms with Crippen LogP contribution < -0.4 is 11.1 Å². The van der Waals surface area contributed by atoms with Gasteiger partial charge in [0.05, 0.1) is 5.92 Å². The standard InChI is InChI=1S/C17H26N2O/c1-2-13-8-10-15(11-9-13)19-17(20)16(12-18)14-6-4-3-5-7-14/h3-7,13,15-16H,2,8-12,18H2,1H3,(H,19,20). The first-order valence-corrected chi connectivity index (χ1v) is 7.80. The Morgan fingerprint density at radius 2 is 1.90 bits per heavy atom. The molecule has 0 saturated heterocycles. The summed E-state index contributed by atoms with van der Waals surface area (Å²) in [4.78, 5) is 12.4. The Morgan fingerprint density at radius 3 is 2.45 bits per heavy atom. The van der Waals surface area contributed by atoms with Crippen LogP contribution in [0.3, 0.4) is 0 Å². The Morgan fingerprint density at radius 1 is 1.25 bits per heavy atom. The number of hydrogen-bond acceptors (Lipinski definition) is 2. The Bertz CT molecular complexity index is 410. The molecule has 0 heterocycles. The van der Waals surface area contributed by atoms with E-state index in [4.69, 9.17) is 5.73 Å². The van der Waals surface area contributed by atoms with Crippen molar-refractivity contribution in [1.82, 2.24) is 5.32 Å². The van der Waals surface area contributed by atoms with E-state index in [1.807, 2.05) is 30.3 Å². The van der Waals surface area contributed by atoms with Crippen molar-refractivity contribution >= 4 is 5.91 Å². The first-order chi connectivity index (χ1) is 9.74. The Balaban J connectivity index is 1.90. The van der Waals surface area contributed by atoms with E-state index in [9.17, 15) is 4.79 Å². The molecule has 110 valence electrons. The lowest BCUT2D eigenvalue weighted by atomic mass is 9.84. The lowest BCUT2D eigenvalue weighted by Crippen LogP contribution is -2.41. The van der Waals surface area contributed by atoms with Gasteiger partial charge in [0, 0.05) is 12.6 Å². The average molecular weight is 274 g/mol. The summed E-state index contributed by atoms with van der Waals surface area (Å²) in [5.74, 6) is 0.710. The molecule has 0 bridgehead atoms. The summed E-state index contributed by atoms with van der Waals surface area (Å²) < 4.78 is 0. The summed E-state index contributed by atoms with van der Waals surface area (Å²) in [6.07, 6.45) is 5.95. The van der Waals surface area contributed by atoms with Gasteiger partial charge < -0.3 is 11.1 Å². The minimum atomic E-state index is -0.222. The van der Waals surface area contributed by atoms with Crippen LogP contribution in [0, 0.1) is 5.92 Å². The van der Waals surface area contributed by atoms with E-state index in [2.05, 4.69) is 12.2 Å². The molecule has 1 fully saturated rings. The van der Waals surface area contributed by atoms with E-state index >= 15 is 0 Å². The monoisotopic (exact) mass is 274 g/mol. The van der Waals surface area contributed by atoms with E-state index in [-0.39, 0.29) is 11.8 Å². The van der Waals surface area contributed by atoms with E-state index < -0.39 is 0 Å². The normalized spacial score (nSPS) is 24.1. The Kier molecular flexibility index (Phi) is 5.60. The third-order valence-corrected chi connectivity index (χ3v) is 4.52. The highest BCUT2D eigenvalue weighted by Crippen LogP contribution is 2.27. The zero-order chi connectivity index (χ0) is 14.4. The van der Waals surface area contributed by atoms with Crippen molar-refractivity contribution < 1.29 is 4.79 Å². The summed E-state index contributed by atoms with van der Waals surface area (Å²) in [6, 6.07) is 10.2. The SMILES string of the molecule is CCC1CCC(NC(=O)C(CN)c2ccccc2)CC1. The van der Waals surface area contributed by atoms with Gasteiger partial charge in [-0.3, -0.25) is 4.79 Å². The van der Waals surface area contributed by atoms with Crippen LogP contribution in [0.1, 0.15) is 50.5 Å². The number of hydrogen-bond donors (Lipinski definition) is 2. The first kappa shape index (κ1) is 15.0. The van der Waals surface area contributed by atoms with Crippen LogP contribution in [0.4, 0.5) is 0 Å². The van der Waals surface area contributed by atoms with Crippen molar-refractivity contribution in [2.75, 3.05) is 6.54 Å². The van der Waals surface area contributed by atoms with Crippen LogP contribution >= 0.6 is 0 Å². The van der Waals surface area contributed by atoms with Crippen LogP contribution in [0.5, 0.6) is 0 Å². The van der Waals surface area contributed by atoms with Crippen LogP contribution in [-0.2, 0) is 4.79 Å². The maximum atomic E-state index is 12.4. The summed E-state index contributed by atoms with van der Waals surface area (Å²) in [5.41, 5.74) is 6.80. The summed E-state index contributed by atoms with van der Waals surface area (Å²) in [7, 11) is 0. The fourth-order valence-electron chi connectivity index (χ4n) is 3.10. The van der Waals surface area contributed by atoms with Gasteiger partial charge in [-0.25, -0.2) is 0 Å². The van der Waals surface area contributed by atoms with E-state index in [1.54, 1.807) is 0 Å². The molecule has 3 heteroatoms. The van der Waals surface area contributed by atoms with Crippen LogP contribution in [0.15, 0.2) is 30.3 Å². The summed E-state index contributed by atoms with van der Waals surface area (Å²) in [5, 5.41) is 3.19. The van der Waals surface area contributed by atoms with Gasteiger partial charge in [-0.2, -0.15) is 0 Å². The number of benzene rings is 1. The third-order valence-electron chi connectivity index (χ3n) is 4.52. The van der Waals surface area contributed by atoms with Gasteiger partial charge in [0.2, 0.25) is 5.91 Å². The molecule has 1 saturated carbocycles. The fraction of sp³-hybridized carbons (Fsp3) is 0.588. The molecule has 1 aliphatic rings. The van der Waals surface area contributed by atoms with Crippen LogP contribution in [0.2, 0.25) is 0 Å². The maximum absolute atomic E-state index is 12.4. The molecule has 0 aliphatic heterocycles. The van der Waals surface area contributed by atoms with Crippen molar-refractivity contribution in [3.8, 4) is 0 Å². The predicted molar refractivity (Wildman–Crippen MR) is 82.4 cm³/mol. The van der Waals surface area contributed by atoms with E-state index in [0.717, 1.165) is 24.3 Å². The lowest BCUT2D eigenvalue weighted by Gasteiger charge is -2.29. The minimum absolute atomic E-state index is 0.0821. The highest BCUT2D eigenvalue weighted by molar-refractivity contribution is 5.84. The van der Waals surface area contributed by atoms with Crippen molar-refractivity contribution in [1.29, 1.82) is 0 Å². The molecular weight excluding hydrogens is 248 g/mol. The quantitative estimate of drug-likeness (QED) is 0.867. The molecule has 2 rings (SSSR count). The zero-order valence-corrected chi connectivity index (χ0v) is 12.3. The molecule has 1 amide bonds. The fourth-order valence-corrected chi connectivity index (χ4v) is 3.10. The number of nitrogens with two attached hydrogens (primary N) is 1. The molecule has 3 N–H and O–H groups in total. The van der Waals surface area contributed by atoms with Gasteiger partial charge in [0.1, 0.15) is 0 Å². The second-order valence-electron chi connectivity index (χ2n) is 5.83. The summed E-state index contributed by atoms with van der Waals surface area (Å²) in [6.45, 7) is 2.61. The molecule has 1 aromatic rings. The molecule has 0 radical (unpaired) electrons. The van der Waals surface area contributed by atoms with Crippen molar-refractivity contribution in [3.63, 3.8) is 0 Å². The predicted octanol–water partition coefficient (Wildman–Crippen LogP) is 2.81. The molecule has 0 aromatic heterocycles. The molecule has 1 aliphatic carbocycles. The van der Waals surface area contributed by atoms with Gasteiger partial charge in [-0.1, -0.05) is 43.7 Å². The molecule has 0 spiro atoms. The van der Waals surface area contributed by atoms with Crippen LogP contribution in [0.25, 0.3) is 0 Å². The first-order valence-electron chi connectivity index (χ1n) is 7.80. The highest BCUT2D eigenvalue weighted by Gasteiger charge is 2.25. The topological polar surface area (TPSA) is 55.1 Å². The Hall–Kier alpha value is -1.35. The summed E-state index contributed by atoms with van der Waals surface area (Å²) >= 11 is 0. The van der Waals surface area contributed by atoms with Crippen LogP contribution in [-0.4, -0.2) is 18.5 Å². The molecule has 1 unspecified atom stereocenters. The van der Waals surface area contributed by atoms with E-state index in [1.165, 1.54) is 19.3 Å². The number of nitrogens with one attached hydrogen (secondary N) is 1. The second kappa shape index (κ2) is 7.44. The van der Waals surface area contributed by atoms with Gasteiger partial charge in [-0.05, 0) is 37.2 Å². The molecule has 1 atom stereocenters. The number of amides is 1. The third kappa shape index (κ3) is 3.83. The number of rotatable bonds is 5. The number of carbonyl (C=O) groups excluding carboxylic acids is 1. The lowest BCUT2D eigenvalue weighted by molar-refractivity contribution is -0.123. The van der Waals surface area contributed by atoms with E-state index in [0.29, 0.717) is 12.6 Å². The van der Waals surface area contributed by atoms with Crippen molar-refractivity contribution in [2.45, 2.75) is 51.0 Å². The van der Waals surface area contributed by atoms with Crippen molar-refractivity contribution in [3.05, 3.63) is 35.9 Å². The molecule has 1 aromatic carbocycles. The van der Waals surface area contributed by atoms with Gasteiger partial charge >= 0.3 is 0 Å².